The first-order valence-electron chi connectivity index (χ1n) is 6.92. The quantitative estimate of drug-likeness (QED) is 0.775. The van der Waals surface area contributed by atoms with Gasteiger partial charge >= 0.3 is 0 Å². The second kappa shape index (κ2) is 7.04. The molecular formula is C15H21ClN2O. The van der Waals surface area contributed by atoms with Gasteiger partial charge in [-0.1, -0.05) is 18.5 Å². The molecule has 0 radical (unpaired) electrons. The standard InChI is InChI=1S/C15H21ClN2O/c1-2-17-9-11-18(12-10-17)8-7-15(19)13-3-5-14(16)6-4-13/h3-6H,2,7-12H2,1H3. The number of halogens is 1. The Labute approximate surface area is 120 Å². The Bertz CT molecular complexity index is 411. The number of carbonyl (C=O) groups is 1. The molecular weight excluding hydrogens is 260 g/mol. The molecule has 104 valence electrons. The molecule has 1 aliphatic rings. The highest BCUT2D eigenvalue weighted by atomic mass is 35.5. The molecule has 4 heteroatoms. The zero-order valence-electron chi connectivity index (χ0n) is 11.4. The first-order chi connectivity index (χ1) is 9.19. The van der Waals surface area contributed by atoms with Crippen molar-refractivity contribution in [3.05, 3.63) is 34.9 Å². The van der Waals surface area contributed by atoms with Crippen LogP contribution < -0.4 is 0 Å². The minimum Gasteiger partial charge on any atom is -0.301 e. The zero-order chi connectivity index (χ0) is 13.7. The molecule has 0 amide bonds. The minimum absolute atomic E-state index is 0.203. The number of likely N-dealkylation sites (N-methyl/N-ethyl adjacent to an activating group) is 1. The van der Waals surface area contributed by atoms with Crippen molar-refractivity contribution in [3.63, 3.8) is 0 Å². The molecule has 2 rings (SSSR count). The van der Waals surface area contributed by atoms with Gasteiger partial charge in [0, 0.05) is 49.7 Å². The van der Waals surface area contributed by atoms with Crippen molar-refractivity contribution >= 4 is 17.4 Å². The van der Waals surface area contributed by atoms with Crippen LogP contribution in [0.5, 0.6) is 0 Å². The van der Waals surface area contributed by atoms with E-state index >= 15 is 0 Å². The summed E-state index contributed by atoms with van der Waals surface area (Å²) in [6.07, 6.45) is 0.591. The van der Waals surface area contributed by atoms with Crippen LogP contribution in [0.4, 0.5) is 0 Å². The van der Waals surface area contributed by atoms with Crippen LogP contribution in [0.25, 0.3) is 0 Å². The first kappa shape index (κ1) is 14.5. The number of hydrogen-bond donors (Lipinski definition) is 0. The van der Waals surface area contributed by atoms with Crippen molar-refractivity contribution in [2.24, 2.45) is 0 Å². The van der Waals surface area contributed by atoms with E-state index in [0.717, 1.165) is 44.8 Å². The molecule has 0 atom stereocenters. The maximum atomic E-state index is 12.0. The van der Waals surface area contributed by atoms with E-state index < -0.39 is 0 Å². The van der Waals surface area contributed by atoms with Gasteiger partial charge in [0.1, 0.15) is 0 Å². The Morgan fingerprint density at radius 3 is 2.26 bits per heavy atom. The Morgan fingerprint density at radius 2 is 1.68 bits per heavy atom. The smallest absolute Gasteiger partial charge is 0.164 e. The van der Waals surface area contributed by atoms with Crippen LogP contribution in [0.3, 0.4) is 0 Å². The average molecular weight is 281 g/mol. The van der Waals surface area contributed by atoms with Crippen LogP contribution in [0.2, 0.25) is 5.02 Å². The molecule has 1 heterocycles. The molecule has 1 aromatic carbocycles. The van der Waals surface area contributed by atoms with Crippen molar-refractivity contribution in [2.75, 3.05) is 39.3 Å². The van der Waals surface area contributed by atoms with Crippen LogP contribution in [0.15, 0.2) is 24.3 Å². The average Bonchev–Trinajstić information content (AvgIpc) is 2.46. The largest absolute Gasteiger partial charge is 0.301 e. The zero-order valence-corrected chi connectivity index (χ0v) is 12.2. The lowest BCUT2D eigenvalue weighted by atomic mass is 10.1. The number of carbonyl (C=O) groups excluding carboxylic acids is 1. The Hall–Kier alpha value is -0.900. The molecule has 1 saturated heterocycles. The lowest BCUT2D eigenvalue weighted by Crippen LogP contribution is -2.46. The maximum Gasteiger partial charge on any atom is 0.164 e. The van der Waals surface area contributed by atoms with Gasteiger partial charge in [-0.05, 0) is 30.8 Å². The normalized spacial score (nSPS) is 17.6. The molecule has 3 nitrogen and oxygen atoms in total. The Kier molecular flexibility index (Phi) is 5.37. The van der Waals surface area contributed by atoms with E-state index in [0.29, 0.717) is 11.4 Å². The van der Waals surface area contributed by atoms with E-state index in [9.17, 15) is 4.79 Å². The van der Waals surface area contributed by atoms with Gasteiger partial charge in [-0.3, -0.25) is 4.79 Å². The van der Waals surface area contributed by atoms with Gasteiger partial charge < -0.3 is 9.80 Å². The predicted molar refractivity (Wildman–Crippen MR) is 79.0 cm³/mol. The van der Waals surface area contributed by atoms with Gasteiger partial charge in [-0.15, -0.1) is 0 Å². The minimum atomic E-state index is 0.203. The molecule has 1 aliphatic heterocycles. The van der Waals surface area contributed by atoms with Crippen molar-refractivity contribution in [3.8, 4) is 0 Å². The van der Waals surface area contributed by atoms with Gasteiger partial charge in [0.05, 0.1) is 0 Å². The molecule has 0 saturated carbocycles. The molecule has 0 aliphatic carbocycles. The summed E-state index contributed by atoms with van der Waals surface area (Å²) in [5, 5.41) is 0.673. The fraction of sp³-hybridized carbons (Fsp3) is 0.533. The van der Waals surface area contributed by atoms with Gasteiger partial charge in [0.25, 0.3) is 0 Å². The van der Waals surface area contributed by atoms with E-state index in [4.69, 9.17) is 11.6 Å². The number of nitrogens with zero attached hydrogens (tertiary/aromatic N) is 2. The molecule has 0 bridgehead atoms. The van der Waals surface area contributed by atoms with Crippen molar-refractivity contribution in [1.29, 1.82) is 0 Å². The number of benzene rings is 1. The molecule has 1 aromatic rings. The van der Waals surface area contributed by atoms with E-state index in [1.807, 2.05) is 0 Å². The molecule has 0 aromatic heterocycles. The lowest BCUT2D eigenvalue weighted by molar-refractivity contribution is 0.0932. The SMILES string of the molecule is CCN1CCN(CCC(=O)c2ccc(Cl)cc2)CC1. The molecule has 0 unspecified atom stereocenters. The Morgan fingerprint density at radius 1 is 1.11 bits per heavy atom. The van der Waals surface area contributed by atoms with E-state index in [1.165, 1.54) is 0 Å². The monoisotopic (exact) mass is 280 g/mol. The predicted octanol–water partition coefficient (Wildman–Crippen LogP) is 2.55. The number of Topliss-reactive ketones (excluding diaryl/α,β-unsaturated/α-hetero) is 1. The second-order valence-corrected chi connectivity index (χ2v) is 5.39. The third kappa shape index (κ3) is 4.30. The number of rotatable bonds is 5. The first-order valence-corrected chi connectivity index (χ1v) is 7.30. The highest BCUT2D eigenvalue weighted by molar-refractivity contribution is 6.30. The van der Waals surface area contributed by atoms with E-state index in [1.54, 1.807) is 24.3 Å². The van der Waals surface area contributed by atoms with Gasteiger partial charge in [-0.2, -0.15) is 0 Å². The lowest BCUT2D eigenvalue weighted by Gasteiger charge is -2.33. The number of piperazine rings is 1. The molecule has 19 heavy (non-hydrogen) atoms. The van der Waals surface area contributed by atoms with Crippen LogP contribution in [0, 0.1) is 0 Å². The fourth-order valence-electron chi connectivity index (χ4n) is 2.37. The molecule has 0 N–H and O–H groups in total. The molecule has 0 spiro atoms. The Balaban J connectivity index is 1.76. The van der Waals surface area contributed by atoms with Gasteiger partial charge in [-0.25, -0.2) is 0 Å². The summed E-state index contributed by atoms with van der Waals surface area (Å²) in [6.45, 7) is 8.55. The van der Waals surface area contributed by atoms with E-state index in [-0.39, 0.29) is 5.78 Å². The summed E-state index contributed by atoms with van der Waals surface area (Å²) < 4.78 is 0. The van der Waals surface area contributed by atoms with Crippen molar-refractivity contribution in [1.82, 2.24) is 9.80 Å². The summed E-state index contributed by atoms with van der Waals surface area (Å²) >= 11 is 5.82. The van der Waals surface area contributed by atoms with Crippen LogP contribution in [-0.4, -0.2) is 54.9 Å². The fourth-order valence-corrected chi connectivity index (χ4v) is 2.49. The summed E-state index contributed by atoms with van der Waals surface area (Å²) in [4.78, 5) is 16.9. The maximum absolute atomic E-state index is 12.0. The highest BCUT2D eigenvalue weighted by Gasteiger charge is 2.16. The summed E-state index contributed by atoms with van der Waals surface area (Å²) in [6, 6.07) is 7.16. The van der Waals surface area contributed by atoms with Crippen molar-refractivity contribution < 1.29 is 4.79 Å². The topological polar surface area (TPSA) is 23.6 Å². The third-order valence-corrected chi connectivity index (χ3v) is 3.99. The van der Waals surface area contributed by atoms with Gasteiger partial charge in [0.2, 0.25) is 0 Å². The summed E-state index contributed by atoms with van der Waals surface area (Å²) in [7, 11) is 0. The third-order valence-electron chi connectivity index (χ3n) is 3.73. The van der Waals surface area contributed by atoms with Crippen LogP contribution in [-0.2, 0) is 0 Å². The van der Waals surface area contributed by atoms with E-state index in [2.05, 4.69) is 16.7 Å². The number of ketones is 1. The highest BCUT2D eigenvalue weighted by Crippen LogP contribution is 2.12. The summed E-state index contributed by atoms with van der Waals surface area (Å²) in [5.41, 5.74) is 0.761. The van der Waals surface area contributed by atoms with Crippen LogP contribution >= 0.6 is 11.6 Å². The van der Waals surface area contributed by atoms with Gasteiger partial charge in [0.15, 0.2) is 5.78 Å². The second-order valence-electron chi connectivity index (χ2n) is 4.96. The van der Waals surface area contributed by atoms with Crippen molar-refractivity contribution in [2.45, 2.75) is 13.3 Å². The summed E-state index contributed by atoms with van der Waals surface area (Å²) in [5.74, 6) is 0.203. The molecule has 1 fully saturated rings. The number of hydrogen-bond acceptors (Lipinski definition) is 3. The van der Waals surface area contributed by atoms with Crippen LogP contribution in [0.1, 0.15) is 23.7 Å².